The Hall–Kier alpha value is -1.80. The van der Waals surface area contributed by atoms with Crippen LogP contribution in [0, 0.1) is 5.92 Å². The molecule has 23 heavy (non-hydrogen) atoms. The Balaban J connectivity index is 1.44. The van der Waals surface area contributed by atoms with Crippen LogP contribution in [0.2, 0.25) is 0 Å². The molecule has 2 heteroatoms. The maximum absolute atomic E-state index is 9.92. The maximum Gasteiger partial charge on any atom is 0.119 e. The number of hydrogen-bond donors (Lipinski definition) is 2. The highest BCUT2D eigenvalue weighted by Gasteiger charge is 2.20. The molecule has 2 N–H and O–H groups in total. The minimum Gasteiger partial charge on any atom is -0.508 e. The minimum absolute atomic E-state index is 0.470. The Labute approximate surface area is 139 Å². The molecule has 2 nitrogen and oxygen atoms in total. The second-order valence-corrected chi connectivity index (χ2v) is 6.89. The molecular formula is C21H27NO. The van der Waals surface area contributed by atoms with Crippen LogP contribution in [0.25, 0.3) is 0 Å². The molecule has 0 saturated carbocycles. The average molecular weight is 309 g/mol. The first-order chi connectivity index (χ1) is 11.2. The summed E-state index contributed by atoms with van der Waals surface area (Å²) in [5.74, 6) is 1.15. The largest absolute Gasteiger partial charge is 0.508 e. The van der Waals surface area contributed by atoms with E-state index < -0.39 is 0 Å². The van der Waals surface area contributed by atoms with Crippen LogP contribution >= 0.6 is 0 Å². The molecular weight excluding hydrogens is 282 g/mol. The normalized spacial score (nSPS) is 18.4. The van der Waals surface area contributed by atoms with Gasteiger partial charge in [-0.25, -0.2) is 0 Å². The van der Waals surface area contributed by atoms with E-state index in [9.17, 15) is 5.11 Å². The predicted octanol–water partition coefficient (Wildman–Crippen LogP) is 4.11. The zero-order valence-corrected chi connectivity index (χ0v) is 14.0. The summed E-state index contributed by atoms with van der Waals surface area (Å²) in [6.07, 6.45) is 5.52. The lowest BCUT2D eigenvalue weighted by Crippen LogP contribution is -2.37. The van der Waals surface area contributed by atoms with Gasteiger partial charge in [-0.1, -0.05) is 49.4 Å². The van der Waals surface area contributed by atoms with Crippen LogP contribution in [0.5, 0.6) is 5.75 Å². The van der Waals surface area contributed by atoms with Gasteiger partial charge in [-0.15, -0.1) is 0 Å². The van der Waals surface area contributed by atoms with Crippen molar-refractivity contribution in [3.05, 3.63) is 65.2 Å². The van der Waals surface area contributed by atoms with E-state index in [1.54, 1.807) is 6.07 Å². The molecule has 0 aliphatic heterocycles. The molecule has 2 unspecified atom stereocenters. The van der Waals surface area contributed by atoms with E-state index in [0.29, 0.717) is 17.7 Å². The molecule has 1 aliphatic carbocycles. The van der Waals surface area contributed by atoms with Gasteiger partial charge in [-0.3, -0.25) is 0 Å². The molecule has 0 saturated heterocycles. The SMILES string of the molecule is CC(CCc1ccccc1)CNC1CCc2c(O)cccc2C1. The van der Waals surface area contributed by atoms with Crippen LogP contribution in [0.3, 0.4) is 0 Å². The summed E-state index contributed by atoms with van der Waals surface area (Å²) in [6, 6.07) is 17.2. The maximum atomic E-state index is 9.92. The van der Waals surface area contributed by atoms with Crippen molar-refractivity contribution in [1.29, 1.82) is 0 Å². The Morgan fingerprint density at radius 1 is 1.13 bits per heavy atom. The lowest BCUT2D eigenvalue weighted by molar-refractivity contribution is 0.394. The van der Waals surface area contributed by atoms with E-state index in [2.05, 4.69) is 48.6 Å². The van der Waals surface area contributed by atoms with Gasteiger partial charge < -0.3 is 10.4 Å². The minimum atomic E-state index is 0.470. The van der Waals surface area contributed by atoms with E-state index in [4.69, 9.17) is 0 Å². The zero-order valence-electron chi connectivity index (χ0n) is 14.0. The van der Waals surface area contributed by atoms with Gasteiger partial charge in [0.2, 0.25) is 0 Å². The molecule has 2 aromatic rings. The number of aromatic hydroxyl groups is 1. The number of benzene rings is 2. The number of rotatable bonds is 6. The first kappa shape index (κ1) is 16.1. The van der Waals surface area contributed by atoms with Crippen molar-refractivity contribution in [2.45, 2.75) is 45.1 Å². The summed E-state index contributed by atoms with van der Waals surface area (Å²) in [5.41, 5.74) is 3.90. The van der Waals surface area contributed by atoms with Crippen LogP contribution in [-0.4, -0.2) is 17.7 Å². The molecule has 0 bridgehead atoms. The molecule has 2 atom stereocenters. The van der Waals surface area contributed by atoms with Crippen LogP contribution in [0.15, 0.2) is 48.5 Å². The molecule has 3 rings (SSSR count). The van der Waals surface area contributed by atoms with Gasteiger partial charge in [0.15, 0.2) is 0 Å². The number of aryl methyl sites for hydroxylation is 1. The Morgan fingerprint density at radius 3 is 2.78 bits per heavy atom. The topological polar surface area (TPSA) is 32.3 Å². The van der Waals surface area contributed by atoms with Crippen molar-refractivity contribution in [1.82, 2.24) is 5.32 Å². The fourth-order valence-electron chi connectivity index (χ4n) is 3.49. The molecule has 0 radical (unpaired) electrons. The number of phenols is 1. The quantitative estimate of drug-likeness (QED) is 0.841. The summed E-state index contributed by atoms with van der Waals surface area (Å²) < 4.78 is 0. The molecule has 1 aliphatic rings. The van der Waals surface area contributed by atoms with E-state index in [0.717, 1.165) is 37.8 Å². The third-order valence-electron chi connectivity index (χ3n) is 4.98. The molecule has 0 fully saturated rings. The first-order valence-corrected chi connectivity index (χ1v) is 8.79. The highest BCUT2D eigenvalue weighted by Crippen LogP contribution is 2.28. The molecule has 0 spiro atoms. The van der Waals surface area contributed by atoms with E-state index in [-0.39, 0.29) is 0 Å². The predicted molar refractivity (Wildman–Crippen MR) is 95.8 cm³/mol. The zero-order chi connectivity index (χ0) is 16.1. The smallest absolute Gasteiger partial charge is 0.119 e. The Kier molecular flexibility index (Phi) is 5.35. The molecule has 0 amide bonds. The van der Waals surface area contributed by atoms with Crippen LogP contribution < -0.4 is 5.32 Å². The van der Waals surface area contributed by atoms with Gasteiger partial charge in [0.25, 0.3) is 0 Å². The number of nitrogens with one attached hydrogen (secondary N) is 1. The number of phenolic OH excluding ortho intramolecular Hbond substituents is 1. The van der Waals surface area contributed by atoms with Crippen molar-refractivity contribution in [3.63, 3.8) is 0 Å². The van der Waals surface area contributed by atoms with Crippen LogP contribution in [0.1, 0.15) is 36.5 Å². The molecule has 0 aromatic heterocycles. The Bertz CT molecular complexity index is 623. The summed E-state index contributed by atoms with van der Waals surface area (Å²) >= 11 is 0. The number of fused-ring (bicyclic) bond motifs is 1. The Morgan fingerprint density at radius 2 is 1.96 bits per heavy atom. The molecule has 122 valence electrons. The van der Waals surface area contributed by atoms with Crippen molar-refractivity contribution < 1.29 is 5.11 Å². The fourth-order valence-corrected chi connectivity index (χ4v) is 3.49. The van der Waals surface area contributed by atoms with Gasteiger partial charge in [-0.2, -0.15) is 0 Å². The van der Waals surface area contributed by atoms with Crippen LogP contribution in [-0.2, 0) is 19.3 Å². The summed E-state index contributed by atoms with van der Waals surface area (Å²) in [4.78, 5) is 0. The standard InChI is InChI=1S/C21H27NO/c1-16(10-11-17-6-3-2-4-7-17)15-22-19-12-13-20-18(14-19)8-5-9-21(20)23/h2-9,16,19,22-23H,10-15H2,1H3. The summed E-state index contributed by atoms with van der Waals surface area (Å²) in [5, 5.41) is 13.7. The van der Waals surface area contributed by atoms with Crippen LogP contribution in [0.4, 0.5) is 0 Å². The monoisotopic (exact) mass is 309 g/mol. The average Bonchev–Trinajstić information content (AvgIpc) is 2.59. The van der Waals surface area contributed by atoms with Crippen molar-refractivity contribution in [2.75, 3.05) is 6.54 Å². The fraction of sp³-hybridized carbons (Fsp3) is 0.429. The second-order valence-electron chi connectivity index (χ2n) is 6.89. The highest BCUT2D eigenvalue weighted by atomic mass is 16.3. The van der Waals surface area contributed by atoms with Crippen molar-refractivity contribution in [2.24, 2.45) is 5.92 Å². The highest BCUT2D eigenvalue weighted by molar-refractivity contribution is 5.41. The van der Waals surface area contributed by atoms with Gasteiger partial charge in [0.1, 0.15) is 5.75 Å². The van der Waals surface area contributed by atoms with Gasteiger partial charge in [0, 0.05) is 6.04 Å². The third kappa shape index (κ3) is 4.35. The van der Waals surface area contributed by atoms with Gasteiger partial charge in [0.05, 0.1) is 0 Å². The first-order valence-electron chi connectivity index (χ1n) is 8.79. The van der Waals surface area contributed by atoms with Crippen molar-refractivity contribution >= 4 is 0 Å². The molecule has 2 aromatic carbocycles. The van der Waals surface area contributed by atoms with Crippen molar-refractivity contribution in [3.8, 4) is 5.75 Å². The van der Waals surface area contributed by atoms with Gasteiger partial charge in [-0.05, 0) is 67.3 Å². The summed E-state index contributed by atoms with van der Waals surface area (Å²) in [6.45, 7) is 3.41. The van der Waals surface area contributed by atoms with E-state index in [1.807, 2.05) is 6.07 Å². The van der Waals surface area contributed by atoms with E-state index >= 15 is 0 Å². The lowest BCUT2D eigenvalue weighted by atomic mass is 9.87. The summed E-state index contributed by atoms with van der Waals surface area (Å²) in [7, 11) is 0. The van der Waals surface area contributed by atoms with E-state index in [1.165, 1.54) is 17.5 Å². The second kappa shape index (κ2) is 7.65. The van der Waals surface area contributed by atoms with Gasteiger partial charge >= 0.3 is 0 Å². The number of hydrogen-bond acceptors (Lipinski definition) is 2. The third-order valence-corrected chi connectivity index (χ3v) is 4.98. The lowest BCUT2D eigenvalue weighted by Gasteiger charge is -2.27. The molecule has 0 heterocycles.